The highest BCUT2D eigenvalue weighted by molar-refractivity contribution is 6.31. The molecular weight excluding hydrogens is 755 g/mol. The van der Waals surface area contributed by atoms with Crippen LogP contribution >= 0.6 is 23.2 Å². The Hall–Kier alpha value is -5.48. The summed E-state index contributed by atoms with van der Waals surface area (Å²) in [7, 11) is 0. The monoisotopic (exact) mass is 796 g/mol. The number of nitrogen functional groups attached to an aromatic ring is 2. The second kappa shape index (κ2) is 15.2. The first-order valence-corrected chi connectivity index (χ1v) is 19.3. The Balaban J connectivity index is 0.965. The van der Waals surface area contributed by atoms with Gasteiger partial charge in [-0.2, -0.15) is 9.97 Å². The van der Waals surface area contributed by atoms with Gasteiger partial charge < -0.3 is 30.1 Å². The van der Waals surface area contributed by atoms with Crippen LogP contribution in [0.4, 0.5) is 23.5 Å². The van der Waals surface area contributed by atoms with Crippen LogP contribution in [-0.4, -0.2) is 63.4 Å². The van der Waals surface area contributed by atoms with Gasteiger partial charge in [0.1, 0.15) is 21.9 Å². The van der Waals surface area contributed by atoms with E-state index in [0.717, 1.165) is 40.1 Å². The van der Waals surface area contributed by atoms with Crippen LogP contribution in [0.15, 0.2) is 27.6 Å². The number of rotatable bonds is 12. The molecule has 2 aliphatic heterocycles. The number of aryl methyl sites for hydroxylation is 3. The van der Waals surface area contributed by atoms with E-state index in [4.69, 9.17) is 53.5 Å². The van der Waals surface area contributed by atoms with Gasteiger partial charge in [0.2, 0.25) is 36.0 Å². The summed E-state index contributed by atoms with van der Waals surface area (Å²) in [6.07, 6.45) is 8.33. The summed E-state index contributed by atoms with van der Waals surface area (Å²) in [5.41, 5.74) is 22.7. The third-order valence-electron chi connectivity index (χ3n) is 11.0. The Morgan fingerprint density at radius 1 is 0.696 bits per heavy atom. The standard InChI is InChI=1S/C38H42Cl2N14O2/c1-6-24-18(2)11-43-26(20(24)4)15-54-14-23(32-34(40)47-38(42)49-36(32)54)10-30-52-51-28(56-30)8-7-25-19(3)12-44-27(21(25)5)16-53-13-22(9-29-50-45-17-55-29)31-33(39)46-37(41)48-35(31)53/h11-12,17,22-23H,6-10,13-16H2,1-5H3,(H2,41,46,48)(H2,42,47,49). The summed E-state index contributed by atoms with van der Waals surface area (Å²) in [6, 6.07) is 0. The van der Waals surface area contributed by atoms with Gasteiger partial charge in [0, 0.05) is 67.7 Å². The lowest BCUT2D eigenvalue weighted by Crippen LogP contribution is -2.24. The van der Waals surface area contributed by atoms with Crippen LogP contribution in [-0.2, 0) is 45.2 Å². The highest BCUT2D eigenvalue weighted by Gasteiger charge is 2.37. The van der Waals surface area contributed by atoms with Crippen LogP contribution in [0.25, 0.3) is 0 Å². The van der Waals surface area contributed by atoms with E-state index >= 15 is 0 Å². The van der Waals surface area contributed by atoms with Crippen LogP contribution in [0, 0.1) is 27.7 Å². The van der Waals surface area contributed by atoms with E-state index in [9.17, 15) is 0 Å². The number of aromatic nitrogens is 10. The molecule has 0 radical (unpaired) electrons. The molecule has 2 atom stereocenters. The molecule has 0 saturated heterocycles. The van der Waals surface area contributed by atoms with Crippen molar-refractivity contribution in [2.45, 2.75) is 91.6 Å². The predicted octanol–water partition coefficient (Wildman–Crippen LogP) is 5.57. The SMILES string of the molecule is CCc1c(C)cnc(CN2CC(Cc3nnc(CCc4c(C)cnc(CN5CC(Cc6nnco6)c6c(Cl)nc(N)nc65)c4C)o3)c3c(Cl)nc(N)nc32)c1C. The first-order chi connectivity index (χ1) is 27.0. The van der Waals surface area contributed by atoms with Gasteiger partial charge in [-0.05, 0) is 73.9 Å². The van der Waals surface area contributed by atoms with Crippen LogP contribution in [0.5, 0.6) is 0 Å². The summed E-state index contributed by atoms with van der Waals surface area (Å²) in [5, 5.41) is 17.4. The second-order valence-corrected chi connectivity index (χ2v) is 15.3. The number of fused-ring (bicyclic) bond motifs is 2. The normalized spacial score (nSPS) is 16.2. The molecular formula is C38H42Cl2N14O2. The van der Waals surface area contributed by atoms with Crippen molar-refractivity contribution in [2.24, 2.45) is 0 Å². The molecule has 0 saturated carbocycles. The molecule has 16 nitrogen and oxygen atoms in total. The largest absolute Gasteiger partial charge is 0.428 e. The molecule has 0 aromatic carbocycles. The van der Waals surface area contributed by atoms with E-state index in [-0.39, 0.29) is 23.7 Å². The number of hydrogen-bond donors (Lipinski definition) is 2. The molecule has 0 fully saturated rings. The van der Waals surface area contributed by atoms with E-state index < -0.39 is 0 Å². The van der Waals surface area contributed by atoms with E-state index in [1.165, 1.54) is 28.6 Å². The third kappa shape index (κ3) is 7.18. The Kier molecular flexibility index (Phi) is 10.2. The van der Waals surface area contributed by atoms with Crippen molar-refractivity contribution >= 4 is 46.7 Å². The number of hydrogen-bond acceptors (Lipinski definition) is 16. The Morgan fingerprint density at radius 3 is 1.79 bits per heavy atom. The van der Waals surface area contributed by atoms with Crippen LogP contribution in [0.2, 0.25) is 10.3 Å². The number of halogens is 2. The smallest absolute Gasteiger partial charge is 0.223 e. The van der Waals surface area contributed by atoms with Crippen molar-refractivity contribution in [2.75, 3.05) is 34.4 Å². The van der Waals surface area contributed by atoms with E-state index in [2.05, 4.69) is 84.7 Å². The molecule has 0 amide bonds. The number of nitrogens with two attached hydrogens (primary N) is 2. The number of pyridine rings is 2. The zero-order valence-corrected chi connectivity index (χ0v) is 33.4. The maximum atomic E-state index is 6.72. The predicted molar refractivity (Wildman–Crippen MR) is 211 cm³/mol. The Bertz CT molecular complexity index is 2420. The van der Waals surface area contributed by atoms with Crippen molar-refractivity contribution in [1.29, 1.82) is 0 Å². The molecule has 290 valence electrons. The Labute approximate surface area is 333 Å². The van der Waals surface area contributed by atoms with Gasteiger partial charge in [0.15, 0.2) is 0 Å². The first kappa shape index (κ1) is 37.4. The summed E-state index contributed by atoms with van der Waals surface area (Å²) >= 11 is 13.3. The molecule has 0 spiro atoms. The summed E-state index contributed by atoms with van der Waals surface area (Å²) < 4.78 is 11.7. The van der Waals surface area contributed by atoms with Crippen molar-refractivity contribution in [3.63, 3.8) is 0 Å². The zero-order valence-electron chi connectivity index (χ0n) is 31.8. The quantitative estimate of drug-likeness (QED) is 0.145. The van der Waals surface area contributed by atoms with Gasteiger partial charge in [-0.3, -0.25) is 9.97 Å². The van der Waals surface area contributed by atoms with Crippen molar-refractivity contribution in [3.8, 4) is 0 Å². The topological polar surface area (TPSA) is 214 Å². The average Bonchev–Trinajstić information content (AvgIpc) is 3.96. The van der Waals surface area contributed by atoms with E-state index in [1.54, 1.807) is 0 Å². The summed E-state index contributed by atoms with van der Waals surface area (Å²) in [6.45, 7) is 12.9. The molecule has 2 unspecified atom stereocenters. The molecule has 18 heteroatoms. The molecule has 0 aliphatic carbocycles. The van der Waals surface area contributed by atoms with Crippen molar-refractivity contribution in [1.82, 2.24) is 50.3 Å². The fourth-order valence-corrected chi connectivity index (χ4v) is 8.89. The van der Waals surface area contributed by atoms with Gasteiger partial charge in [-0.25, -0.2) is 9.97 Å². The zero-order chi connectivity index (χ0) is 39.2. The highest BCUT2D eigenvalue weighted by atomic mass is 35.5. The number of nitrogens with zero attached hydrogens (tertiary/aromatic N) is 12. The van der Waals surface area contributed by atoms with E-state index in [1.807, 2.05) is 12.4 Å². The van der Waals surface area contributed by atoms with Gasteiger partial charge in [-0.1, -0.05) is 30.1 Å². The van der Waals surface area contributed by atoms with Crippen molar-refractivity contribution in [3.05, 3.63) is 103 Å². The van der Waals surface area contributed by atoms with Crippen LogP contribution in [0.1, 0.15) is 92.3 Å². The molecule has 2 aliphatic rings. The third-order valence-corrected chi connectivity index (χ3v) is 11.6. The van der Waals surface area contributed by atoms with Gasteiger partial charge in [0.25, 0.3) is 0 Å². The maximum Gasteiger partial charge on any atom is 0.223 e. The molecule has 8 rings (SSSR count). The second-order valence-electron chi connectivity index (χ2n) is 14.5. The minimum atomic E-state index is -0.0760. The van der Waals surface area contributed by atoms with Gasteiger partial charge in [-0.15, -0.1) is 20.4 Å². The molecule has 6 aromatic rings. The molecule has 4 N–H and O–H groups in total. The fourth-order valence-electron chi connectivity index (χ4n) is 8.24. The lowest BCUT2D eigenvalue weighted by Gasteiger charge is -2.21. The minimum absolute atomic E-state index is 0.0543. The fraction of sp³-hybridized carbons (Fsp3) is 0.421. The molecule has 8 heterocycles. The van der Waals surface area contributed by atoms with E-state index in [0.29, 0.717) is 91.5 Å². The molecule has 0 bridgehead atoms. The van der Waals surface area contributed by atoms with Crippen LogP contribution < -0.4 is 21.3 Å². The van der Waals surface area contributed by atoms with Gasteiger partial charge >= 0.3 is 0 Å². The Morgan fingerprint density at radius 2 is 1.23 bits per heavy atom. The van der Waals surface area contributed by atoms with Crippen molar-refractivity contribution < 1.29 is 8.83 Å². The summed E-state index contributed by atoms with van der Waals surface area (Å²) in [5.74, 6) is 3.10. The van der Waals surface area contributed by atoms with Crippen LogP contribution in [0.3, 0.4) is 0 Å². The first-order valence-electron chi connectivity index (χ1n) is 18.6. The lowest BCUT2D eigenvalue weighted by molar-refractivity contribution is 0.435. The maximum absolute atomic E-state index is 6.72. The minimum Gasteiger partial charge on any atom is -0.428 e. The molecule has 56 heavy (non-hydrogen) atoms. The highest BCUT2D eigenvalue weighted by Crippen LogP contribution is 2.43. The lowest BCUT2D eigenvalue weighted by atomic mass is 9.98. The van der Waals surface area contributed by atoms with Gasteiger partial charge in [0.05, 0.1) is 24.5 Å². The number of anilines is 4. The molecule has 6 aromatic heterocycles. The average molecular weight is 798 g/mol. The summed E-state index contributed by atoms with van der Waals surface area (Å²) in [4.78, 5) is 31.6.